The van der Waals surface area contributed by atoms with Crippen LogP contribution in [0.1, 0.15) is 37.4 Å². The van der Waals surface area contributed by atoms with Crippen molar-refractivity contribution in [3.8, 4) is 23.0 Å². The summed E-state index contributed by atoms with van der Waals surface area (Å²) >= 11 is 0. The summed E-state index contributed by atoms with van der Waals surface area (Å²) in [7, 11) is 0. The number of aryl methyl sites for hydroxylation is 2. The third-order valence-corrected chi connectivity index (χ3v) is 5.24. The maximum Gasteiger partial charge on any atom is 0.343 e. The van der Waals surface area contributed by atoms with E-state index in [1.807, 2.05) is 31.2 Å². The predicted octanol–water partition coefficient (Wildman–Crippen LogP) is 4.87. The summed E-state index contributed by atoms with van der Waals surface area (Å²) in [4.78, 5) is 25.5. The van der Waals surface area contributed by atoms with Gasteiger partial charge in [0.05, 0.1) is 11.1 Å². The van der Waals surface area contributed by atoms with Crippen molar-refractivity contribution in [1.82, 2.24) is 0 Å². The van der Waals surface area contributed by atoms with Crippen molar-refractivity contribution < 1.29 is 28.5 Å². The molecule has 0 amide bonds. The fourth-order valence-corrected chi connectivity index (χ4v) is 3.62. The second-order valence-electron chi connectivity index (χ2n) is 7.37. The highest BCUT2D eigenvalue weighted by molar-refractivity contribution is 6.15. The normalized spacial score (nSPS) is 15.0. The average Bonchev–Trinajstić information content (AvgIpc) is 3.33. The molecule has 0 atom stereocenters. The number of fused-ring (bicyclic) bond motifs is 2. The third-order valence-electron chi connectivity index (χ3n) is 5.24. The van der Waals surface area contributed by atoms with Gasteiger partial charge in [-0.15, -0.1) is 0 Å². The zero-order valence-corrected chi connectivity index (χ0v) is 16.9. The zero-order valence-electron chi connectivity index (χ0n) is 16.9. The Balaban J connectivity index is 1.41. The molecule has 6 nitrogen and oxygen atoms in total. The lowest BCUT2D eigenvalue weighted by molar-refractivity contribution is 0.0734. The van der Waals surface area contributed by atoms with Crippen molar-refractivity contribution in [3.63, 3.8) is 0 Å². The molecule has 0 fully saturated rings. The topological polar surface area (TPSA) is 71.1 Å². The van der Waals surface area contributed by atoms with Gasteiger partial charge < -0.3 is 18.9 Å². The van der Waals surface area contributed by atoms with Gasteiger partial charge in [0.1, 0.15) is 11.5 Å². The average molecular weight is 414 g/mol. The Hall–Kier alpha value is -4.06. The largest absolute Gasteiger partial charge is 0.454 e. The number of Topliss-reactive ketones (excluding diaryl/α,β-unsaturated/α-hetero) is 1. The molecule has 3 aromatic carbocycles. The second-order valence-corrected chi connectivity index (χ2v) is 7.37. The first kappa shape index (κ1) is 18.9. The molecule has 0 spiro atoms. The van der Waals surface area contributed by atoms with Crippen LogP contribution < -0.4 is 18.9 Å². The van der Waals surface area contributed by atoms with Crippen molar-refractivity contribution in [1.29, 1.82) is 0 Å². The summed E-state index contributed by atoms with van der Waals surface area (Å²) in [6.07, 6.45) is 1.73. The summed E-state index contributed by atoms with van der Waals surface area (Å²) < 4.78 is 21.9. The van der Waals surface area contributed by atoms with Crippen LogP contribution in [0, 0.1) is 13.8 Å². The Kier molecular flexibility index (Phi) is 4.47. The molecule has 0 aromatic heterocycles. The molecule has 31 heavy (non-hydrogen) atoms. The monoisotopic (exact) mass is 414 g/mol. The Morgan fingerprint density at radius 3 is 2.58 bits per heavy atom. The van der Waals surface area contributed by atoms with E-state index in [-0.39, 0.29) is 18.3 Å². The number of rotatable bonds is 3. The van der Waals surface area contributed by atoms with Crippen LogP contribution in [0.3, 0.4) is 0 Å². The van der Waals surface area contributed by atoms with Crippen LogP contribution >= 0.6 is 0 Å². The SMILES string of the molecule is Cc1ccccc1/C=C1\Oc2cc(OC(=O)c3ccc4c(c3)OCO4)cc(C)c2C1=O. The molecule has 3 aromatic rings. The van der Waals surface area contributed by atoms with E-state index >= 15 is 0 Å². The van der Waals surface area contributed by atoms with Gasteiger partial charge in [0, 0.05) is 6.07 Å². The van der Waals surface area contributed by atoms with Crippen LogP contribution in [0.25, 0.3) is 6.08 Å². The number of hydrogen-bond donors (Lipinski definition) is 0. The minimum atomic E-state index is -0.544. The number of ketones is 1. The molecule has 0 N–H and O–H groups in total. The summed E-state index contributed by atoms with van der Waals surface area (Å²) in [5.74, 6) is 1.26. The van der Waals surface area contributed by atoms with E-state index < -0.39 is 5.97 Å². The number of esters is 1. The van der Waals surface area contributed by atoms with Gasteiger partial charge in [-0.05, 0) is 60.9 Å². The first-order valence-corrected chi connectivity index (χ1v) is 9.76. The van der Waals surface area contributed by atoms with E-state index in [0.717, 1.165) is 11.1 Å². The van der Waals surface area contributed by atoms with E-state index in [1.54, 1.807) is 43.3 Å². The van der Waals surface area contributed by atoms with Crippen LogP contribution in [0.5, 0.6) is 23.0 Å². The lowest BCUT2D eigenvalue weighted by Crippen LogP contribution is -2.08. The Morgan fingerprint density at radius 2 is 1.74 bits per heavy atom. The van der Waals surface area contributed by atoms with Crippen LogP contribution in [-0.4, -0.2) is 18.5 Å². The molecule has 2 aliphatic heterocycles. The first-order chi connectivity index (χ1) is 15.0. The summed E-state index contributed by atoms with van der Waals surface area (Å²) in [5, 5.41) is 0. The van der Waals surface area contributed by atoms with Crippen LogP contribution in [-0.2, 0) is 0 Å². The molecular formula is C25H18O6. The van der Waals surface area contributed by atoms with E-state index in [2.05, 4.69) is 0 Å². The molecule has 0 saturated heterocycles. The first-order valence-electron chi connectivity index (χ1n) is 9.76. The van der Waals surface area contributed by atoms with E-state index in [4.69, 9.17) is 18.9 Å². The van der Waals surface area contributed by atoms with Crippen molar-refractivity contribution in [2.75, 3.05) is 6.79 Å². The molecule has 0 saturated carbocycles. The van der Waals surface area contributed by atoms with Crippen molar-refractivity contribution >= 4 is 17.8 Å². The molecule has 2 aliphatic rings. The highest BCUT2D eigenvalue weighted by atomic mass is 16.7. The molecular weight excluding hydrogens is 396 g/mol. The standard InChI is InChI=1S/C25H18O6/c1-14-5-3-4-6-16(14)10-22-24(26)23-15(2)9-18(12-21(23)31-22)30-25(27)17-7-8-19-20(11-17)29-13-28-19/h3-12H,13H2,1-2H3/b22-10-. The molecule has 0 aliphatic carbocycles. The van der Waals surface area contributed by atoms with Crippen LogP contribution in [0.4, 0.5) is 0 Å². The minimum absolute atomic E-state index is 0.127. The van der Waals surface area contributed by atoms with E-state index in [0.29, 0.717) is 39.7 Å². The van der Waals surface area contributed by atoms with Gasteiger partial charge in [-0.1, -0.05) is 24.3 Å². The number of benzene rings is 3. The maximum absolute atomic E-state index is 12.9. The Bertz CT molecular complexity index is 1270. The molecule has 2 heterocycles. The fraction of sp³-hybridized carbons (Fsp3) is 0.120. The van der Waals surface area contributed by atoms with Gasteiger partial charge in [-0.3, -0.25) is 4.79 Å². The van der Waals surface area contributed by atoms with Crippen LogP contribution in [0.15, 0.2) is 60.4 Å². The lowest BCUT2D eigenvalue weighted by Gasteiger charge is -2.08. The Labute approximate surface area is 178 Å². The summed E-state index contributed by atoms with van der Waals surface area (Å²) in [5.41, 5.74) is 3.43. The van der Waals surface area contributed by atoms with E-state index in [9.17, 15) is 9.59 Å². The second kappa shape index (κ2) is 7.32. The molecule has 6 heteroatoms. The smallest absolute Gasteiger partial charge is 0.343 e. The lowest BCUT2D eigenvalue weighted by atomic mass is 10.0. The number of ether oxygens (including phenoxy) is 4. The van der Waals surface area contributed by atoms with Gasteiger partial charge in [0.25, 0.3) is 0 Å². The third kappa shape index (κ3) is 3.42. The van der Waals surface area contributed by atoms with Crippen molar-refractivity contribution in [2.24, 2.45) is 0 Å². The quantitative estimate of drug-likeness (QED) is 0.346. The van der Waals surface area contributed by atoms with E-state index in [1.165, 1.54) is 0 Å². The number of hydrogen-bond acceptors (Lipinski definition) is 6. The fourth-order valence-electron chi connectivity index (χ4n) is 3.62. The Morgan fingerprint density at radius 1 is 0.935 bits per heavy atom. The van der Waals surface area contributed by atoms with Crippen molar-refractivity contribution in [3.05, 3.63) is 88.2 Å². The molecule has 0 unspecified atom stereocenters. The van der Waals surface area contributed by atoms with Gasteiger partial charge in [-0.2, -0.15) is 0 Å². The molecule has 0 bridgehead atoms. The van der Waals surface area contributed by atoms with Gasteiger partial charge in [-0.25, -0.2) is 4.79 Å². The van der Waals surface area contributed by atoms with Gasteiger partial charge in [0.15, 0.2) is 17.3 Å². The van der Waals surface area contributed by atoms with Gasteiger partial charge in [0.2, 0.25) is 12.6 Å². The predicted molar refractivity (Wildman–Crippen MR) is 113 cm³/mol. The highest BCUT2D eigenvalue weighted by Gasteiger charge is 2.30. The summed E-state index contributed by atoms with van der Waals surface area (Å²) in [6, 6.07) is 15.8. The maximum atomic E-state index is 12.9. The number of carbonyl (C=O) groups excluding carboxylic acids is 2. The van der Waals surface area contributed by atoms with Crippen LogP contribution in [0.2, 0.25) is 0 Å². The molecule has 5 rings (SSSR count). The minimum Gasteiger partial charge on any atom is -0.454 e. The number of allylic oxidation sites excluding steroid dienone is 1. The highest BCUT2D eigenvalue weighted by Crippen LogP contribution is 2.38. The van der Waals surface area contributed by atoms with Crippen molar-refractivity contribution in [2.45, 2.75) is 13.8 Å². The molecule has 154 valence electrons. The number of carbonyl (C=O) groups is 2. The van der Waals surface area contributed by atoms with Gasteiger partial charge >= 0.3 is 5.97 Å². The zero-order chi connectivity index (χ0) is 21.5. The molecule has 0 radical (unpaired) electrons. The summed E-state index contributed by atoms with van der Waals surface area (Å²) in [6.45, 7) is 3.88.